The number of nitrogen functional groups attached to an aromatic ring is 1. The van der Waals surface area contributed by atoms with Crippen LogP contribution in [0, 0.1) is 0 Å². The third-order valence-corrected chi connectivity index (χ3v) is 2.44. The lowest BCUT2D eigenvalue weighted by molar-refractivity contribution is 0.0527. The van der Waals surface area contributed by atoms with Gasteiger partial charge in [-0.15, -0.1) is 0 Å². The zero-order valence-electron chi connectivity index (χ0n) is 8.54. The molecule has 4 nitrogen and oxygen atoms in total. The van der Waals surface area contributed by atoms with Crippen molar-refractivity contribution in [2.45, 2.75) is 6.92 Å². The lowest BCUT2D eigenvalue weighted by Crippen LogP contribution is -2.08. The fourth-order valence-corrected chi connectivity index (χ4v) is 1.63. The molecule has 0 bridgehead atoms. The van der Waals surface area contributed by atoms with Crippen LogP contribution >= 0.6 is 15.9 Å². The molecule has 1 aromatic carbocycles. The maximum atomic E-state index is 11.5. The van der Waals surface area contributed by atoms with Gasteiger partial charge in [-0.3, -0.25) is 0 Å². The summed E-state index contributed by atoms with van der Waals surface area (Å²) >= 11 is 3.27. The number of rotatable bonds is 3. The predicted molar refractivity (Wildman–Crippen MR) is 61.1 cm³/mol. The number of halogens is 1. The molecule has 15 heavy (non-hydrogen) atoms. The van der Waals surface area contributed by atoms with E-state index in [-0.39, 0.29) is 0 Å². The number of anilines is 1. The number of carbonyl (C=O) groups excluding carboxylic acids is 1. The van der Waals surface area contributed by atoms with Gasteiger partial charge in [0.05, 0.1) is 23.8 Å². The Bertz CT molecular complexity index is 379. The molecular weight excluding hydrogens is 262 g/mol. The molecule has 0 saturated carbocycles. The Hall–Kier alpha value is -1.23. The quantitative estimate of drug-likeness (QED) is 0.678. The van der Waals surface area contributed by atoms with Gasteiger partial charge in [-0.05, 0) is 35.0 Å². The number of hydrogen-bond acceptors (Lipinski definition) is 4. The smallest absolute Gasteiger partial charge is 0.340 e. The second kappa shape index (κ2) is 5.02. The number of nitrogens with two attached hydrogens (primary N) is 1. The third kappa shape index (κ3) is 2.62. The SMILES string of the molecule is CCOC(=O)c1cc(OC)c(Br)cc1N. The van der Waals surface area contributed by atoms with Crippen molar-refractivity contribution in [3.05, 3.63) is 22.2 Å². The van der Waals surface area contributed by atoms with Crippen molar-refractivity contribution >= 4 is 27.6 Å². The van der Waals surface area contributed by atoms with Crippen LogP contribution in [0.25, 0.3) is 0 Å². The van der Waals surface area contributed by atoms with E-state index in [1.165, 1.54) is 7.11 Å². The van der Waals surface area contributed by atoms with Gasteiger partial charge in [0.15, 0.2) is 0 Å². The zero-order valence-corrected chi connectivity index (χ0v) is 10.1. The summed E-state index contributed by atoms with van der Waals surface area (Å²) in [5.41, 5.74) is 6.37. The highest BCUT2D eigenvalue weighted by atomic mass is 79.9. The largest absolute Gasteiger partial charge is 0.496 e. The van der Waals surface area contributed by atoms with Crippen molar-refractivity contribution in [1.82, 2.24) is 0 Å². The Labute approximate surface area is 96.5 Å². The van der Waals surface area contributed by atoms with Gasteiger partial charge in [0.1, 0.15) is 5.75 Å². The van der Waals surface area contributed by atoms with Crippen LogP contribution in [-0.2, 0) is 4.74 Å². The topological polar surface area (TPSA) is 61.5 Å². The molecule has 0 radical (unpaired) electrons. The summed E-state index contributed by atoms with van der Waals surface area (Å²) in [6.45, 7) is 2.06. The summed E-state index contributed by atoms with van der Waals surface area (Å²) in [6, 6.07) is 3.17. The summed E-state index contributed by atoms with van der Waals surface area (Å²) in [7, 11) is 1.52. The van der Waals surface area contributed by atoms with Gasteiger partial charge < -0.3 is 15.2 Å². The number of esters is 1. The zero-order chi connectivity index (χ0) is 11.4. The van der Waals surface area contributed by atoms with Gasteiger partial charge in [0.25, 0.3) is 0 Å². The van der Waals surface area contributed by atoms with Crippen LogP contribution in [0.2, 0.25) is 0 Å². The first kappa shape index (κ1) is 11.8. The third-order valence-electron chi connectivity index (χ3n) is 1.82. The minimum atomic E-state index is -0.444. The van der Waals surface area contributed by atoms with E-state index in [4.69, 9.17) is 15.2 Å². The molecule has 0 atom stereocenters. The molecule has 0 spiro atoms. The van der Waals surface area contributed by atoms with E-state index in [1.807, 2.05) is 0 Å². The molecule has 0 heterocycles. The first-order chi connectivity index (χ1) is 7.10. The summed E-state index contributed by atoms with van der Waals surface area (Å²) in [4.78, 5) is 11.5. The van der Waals surface area contributed by atoms with Gasteiger partial charge >= 0.3 is 5.97 Å². The first-order valence-corrected chi connectivity index (χ1v) is 5.19. The van der Waals surface area contributed by atoms with Crippen molar-refractivity contribution in [3.8, 4) is 5.75 Å². The predicted octanol–water partition coefficient (Wildman–Crippen LogP) is 2.22. The molecule has 82 valence electrons. The lowest BCUT2D eigenvalue weighted by atomic mass is 10.2. The highest BCUT2D eigenvalue weighted by molar-refractivity contribution is 9.10. The number of methoxy groups -OCH3 is 1. The molecule has 0 unspecified atom stereocenters. The molecule has 0 amide bonds. The standard InChI is InChI=1S/C10H12BrNO3/c1-3-15-10(13)6-4-9(14-2)7(11)5-8(6)12/h4-5H,3,12H2,1-2H3. The molecule has 0 aliphatic heterocycles. The van der Waals surface area contributed by atoms with Crippen LogP contribution in [0.3, 0.4) is 0 Å². The van der Waals surface area contributed by atoms with Crippen LogP contribution < -0.4 is 10.5 Å². The van der Waals surface area contributed by atoms with Gasteiger partial charge in [-0.1, -0.05) is 0 Å². The molecule has 1 aromatic rings. The summed E-state index contributed by atoms with van der Waals surface area (Å²) < 4.78 is 10.6. The van der Waals surface area contributed by atoms with Crippen LogP contribution in [0.1, 0.15) is 17.3 Å². The molecule has 0 aliphatic carbocycles. The summed E-state index contributed by atoms with van der Waals surface area (Å²) in [6.07, 6.45) is 0. The fourth-order valence-electron chi connectivity index (χ4n) is 1.11. The second-order valence-electron chi connectivity index (χ2n) is 2.79. The second-order valence-corrected chi connectivity index (χ2v) is 3.65. The van der Waals surface area contributed by atoms with Crippen LogP contribution in [0.15, 0.2) is 16.6 Å². The number of hydrogen-bond donors (Lipinski definition) is 1. The van der Waals surface area contributed by atoms with Crippen molar-refractivity contribution in [1.29, 1.82) is 0 Å². The number of carbonyl (C=O) groups is 1. The minimum Gasteiger partial charge on any atom is -0.496 e. The van der Waals surface area contributed by atoms with Crippen molar-refractivity contribution in [2.75, 3.05) is 19.5 Å². The van der Waals surface area contributed by atoms with E-state index in [0.717, 1.165) is 0 Å². The van der Waals surface area contributed by atoms with Gasteiger partial charge in [-0.25, -0.2) is 4.79 Å². The number of ether oxygens (including phenoxy) is 2. The highest BCUT2D eigenvalue weighted by Crippen LogP contribution is 2.30. The van der Waals surface area contributed by atoms with E-state index < -0.39 is 5.97 Å². The molecule has 0 fully saturated rings. The monoisotopic (exact) mass is 273 g/mol. The summed E-state index contributed by atoms with van der Waals surface area (Å²) in [5, 5.41) is 0. The normalized spacial score (nSPS) is 9.80. The lowest BCUT2D eigenvalue weighted by Gasteiger charge is -2.09. The van der Waals surface area contributed by atoms with Crippen LogP contribution in [0.5, 0.6) is 5.75 Å². The Morgan fingerprint density at radius 1 is 1.53 bits per heavy atom. The maximum Gasteiger partial charge on any atom is 0.340 e. The Morgan fingerprint density at radius 2 is 2.20 bits per heavy atom. The van der Waals surface area contributed by atoms with E-state index in [9.17, 15) is 4.79 Å². The van der Waals surface area contributed by atoms with Gasteiger partial charge in [-0.2, -0.15) is 0 Å². The van der Waals surface area contributed by atoms with E-state index in [1.54, 1.807) is 19.1 Å². The fraction of sp³-hybridized carbons (Fsp3) is 0.300. The number of benzene rings is 1. The Kier molecular flexibility index (Phi) is 3.96. The first-order valence-electron chi connectivity index (χ1n) is 4.40. The van der Waals surface area contributed by atoms with E-state index >= 15 is 0 Å². The van der Waals surface area contributed by atoms with Crippen molar-refractivity contribution < 1.29 is 14.3 Å². The van der Waals surface area contributed by atoms with Crippen LogP contribution in [-0.4, -0.2) is 19.7 Å². The molecule has 1 rings (SSSR count). The summed E-state index contributed by atoms with van der Waals surface area (Å²) in [5.74, 6) is 0.105. The molecule has 0 aliphatic rings. The molecule has 0 aromatic heterocycles. The Balaban J connectivity index is 3.12. The highest BCUT2D eigenvalue weighted by Gasteiger charge is 2.14. The van der Waals surface area contributed by atoms with Gasteiger partial charge in [0.2, 0.25) is 0 Å². The molecule has 0 saturated heterocycles. The molecular formula is C10H12BrNO3. The average molecular weight is 274 g/mol. The van der Waals surface area contributed by atoms with Crippen molar-refractivity contribution in [2.24, 2.45) is 0 Å². The van der Waals surface area contributed by atoms with E-state index in [0.29, 0.717) is 28.1 Å². The Morgan fingerprint density at radius 3 is 2.73 bits per heavy atom. The van der Waals surface area contributed by atoms with Gasteiger partial charge in [0, 0.05) is 5.69 Å². The maximum absolute atomic E-state index is 11.5. The van der Waals surface area contributed by atoms with Crippen LogP contribution in [0.4, 0.5) is 5.69 Å². The molecule has 5 heteroatoms. The van der Waals surface area contributed by atoms with Crippen molar-refractivity contribution in [3.63, 3.8) is 0 Å². The molecule has 2 N–H and O–H groups in total. The average Bonchev–Trinajstić information content (AvgIpc) is 2.18. The van der Waals surface area contributed by atoms with E-state index in [2.05, 4.69) is 15.9 Å². The minimum absolute atomic E-state index is 0.316.